The Bertz CT molecular complexity index is 2160. The van der Waals surface area contributed by atoms with E-state index in [0.717, 1.165) is 22.7 Å². The number of allylic oxidation sites excluding steroid dienone is 8. The Hall–Kier alpha value is -6.54. The van der Waals surface area contributed by atoms with Crippen LogP contribution in [0, 0.1) is 0 Å². The van der Waals surface area contributed by atoms with E-state index in [9.17, 15) is 0 Å². The summed E-state index contributed by atoms with van der Waals surface area (Å²) in [6, 6.07) is 34.9. The summed E-state index contributed by atoms with van der Waals surface area (Å²) in [5.74, 6) is 5.15. The first kappa shape index (κ1) is 39.6. The molecule has 4 aliphatic carbocycles. The lowest BCUT2D eigenvalue weighted by molar-refractivity contribution is 0.654. The molecule has 4 aromatic carbocycles. The maximum atomic E-state index is 5.07. The molecule has 2 aliphatic heterocycles. The third-order valence-corrected chi connectivity index (χ3v) is 12.9. The summed E-state index contributed by atoms with van der Waals surface area (Å²) in [6.07, 6.45) is 33.0. The number of nitrogens with one attached hydrogen (secondary N) is 4. The van der Waals surface area contributed by atoms with E-state index < -0.39 is 0 Å². The van der Waals surface area contributed by atoms with Crippen LogP contribution in [-0.4, -0.2) is 23.3 Å². The molecule has 0 saturated heterocycles. The minimum absolute atomic E-state index is 0.429. The number of benzene rings is 4. The predicted molar refractivity (Wildman–Crippen MR) is 260 cm³/mol. The van der Waals surface area contributed by atoms with Gasteiger partial charge in [0, 0.05) is 46.4 Å². The van der Waals surface area contributed by atoms with Crippen LogP contribution in [0.4, 0.5) is 22.7 Å². The summed E-state index contributed by atoms with van der Waals surface area (Å²) in [4.78, 5) is 20.3. The molecule has 0 saturated carbocycles. The van der Waals surface area contributed by atoms with Crippen LogP contribution < -0.4 is 21.3 Å². The lowest BCUT2D eigenvalue weighted by Crippen LogP contribution is -2.27. The highest BCUT2D eigenvalue weighted by Crippen LogP contribution is 2.33. The number of rotatable bonds is 8. The van der Waals surface area contributed by atoms with Gasteiger partial charge in [0.05, 0.1) is 0 Å². The van der Waals surface area contributed by atoms with Gasteiger partial charge in [-0.15, -0.1) is 0 Å². The van der Waals surface area contributed by atoms with Crippen molar-refractivity contribution in [2.24, 2.45) is 20.0 Å². The second-order valence-corrected chi connectivity index (χ2v) is 17.3. The van der Waals surface area contributed by atoms with Crippen LogP contribution in [0.15, 0.2) is 177 Å². The van der Waals surface area contributed by atoms with E-state index in [4.69, 9.17) is 20.0 Å². The minimum atomic E-state index is 0.429. The van der Waals surface area contributed by atoms with Crippen molar-refractivity contribution in [1.29, 1.82) is 0 Å². The van der Waals surface area contributed by atoms with Crippen molar-refractivity contribution >= 4 is 46.1 Å². The standard InChI is InChI=1S/C54H56N8/c1-5-13-37(14-6-1)41-21-29-45(30-22-41)55-49-50(56-46-31-23-42(24-32-46)38-15-7-2-8-16-38)60-53(59-49)54-61-51(57-47-33-25-43(26-34-47)39-17-9-3-10-18-39)52(62-54)58-48-35-27-44(28-36-48)40-19-11-4-12-20-40/h5,7,9,11,13,15,17,19,21-40H,1-4,6,8,10,12,14,16,18,20H2,(H,55,59)(H,56,60)(H,57,61)(H,58,62). The summed E-state index contributed by atoms with van der Waals surface area (Å²) in [5.41, 5.74) is 9.09. The Morgan fingerprint density at radius 1 is 0.306 bits per heavy atom. The summed E-state index contributed by atoms with van der Waals surface area (Å²) < 4.78 is 0. The van der Waals surface area contributed by atoms with Crippen LogP contribution in [0.5, 0.6) is 0 Å². The quantitative estimate of drug-likeness (QED) is 0.133. The van der Waals surface area contributed by atoms with Crippen LogP contribution in [0.3, 0.4) is 0 Å². The molecule has 4 N–H and O–H groups in total. The topological polar surface area (TPSA) is 97.6 Å². The summed E-state index contributed by atoms with van der Waals surface area (Å²) in [7, 11) is 0. The summed E-state index contributed by atoms with van der Waals surface area (Å²) in [6.45, 7) is 0. The van der Waals surface area contributed by atoms with Crippen molar-refractivity contribution in [3.8, 4) is 0 Å². The predicted octanol–water partition coefficient (Wildman–Crippen LogP) is 13.5. The highest BCUT2D eigenvalue weighted by Gasteiger charge is 2.27. The molecule has 0 bridgehead atoms. The number of nitrogens with zero attached hydrogens (tertiary/aromatic N) is 4. The van der Waals surface area contributed by atoms with Crippen LogP contribution in [0.2, 0.25) is 0 Å². The second kappa shape index (κ2) is 18.6. The van der Waals surface area contributed by atoms with Crippen molar-refractivity contribution in [1.82, 2.24) is 0 Å². The summed E-state index contributed by atoms with van der Waals surface area (Å²) >= 11 is 0. The first-order valence-corrected chi connectivity index (χ1v) is 22.9. The molecule has 8 heteroatoms. The van der Waals surface area contributed by atoms with E-state index in [-0.39, 0.29) is 0 Å². The number of hydrogen-bond acceptors (Lipinski definition) is 8. The van der Waals surface area contributed by atoms with Gasteiger partial charge in [-0.05, 0) is 148 Å². The molecule has 4 unspecified atom stereocenters. The Labute approximate surface area is 366 Å². The molecule has 4 aromatic rings. The molecule has 0 fully saturated rings. The Morgan fingerprint density at radius 2 is 0.532 bits per heavy atom. The van der Waals surface area contributed by atoms with Gasteiger partial charge in [0.2, 0.25) is 11.6 Å². The van der Waals surface area contributed by atoms with Crippen molar-refractivity contribution in [2.75, 3.05) is 21.3 Å². The van der Waals surface area contributed by atoms with Crippen molar-refractivity contribution < 1.29 is 0 Å². The largest absolute Gasteiger partial charge is 0.337 e. The third kappa shape index (κ3) is 9.35. The molecule has 0 aromatic heterocycles. The summed E-state index contributed by atoms with van der Waals surface area (Å²) in [5, 5.41) is 14.3. The molecule has 0 amide bonds. The Balaban J connectivity index is 0.962. The maximum absolute atomic E-state index is 5.07. The van der Waals surface area contributed by atoms with Gasteiger partial charge in [-0.1, -0.05) is 97.1 Å². The van der Waals surface area contributed by atoms with E-state index in [0.29, 0.717) is 58.7 Å². The van der Waals surface area contributed by atoms with E-state index in [1.165, 1.54) is 99.3 Å². The highest BCUT2D eigenvalue weighted by atomic mass is 15.3. The van der Waals surface area contributed by atoms with Crippen LogP contribution in [0.1, 0.15) is 123 Å². The van der Waals surface area contributed by atoms with Crippen molar-refractivity contribution in [2.45, 2.75) is 101 Å². The fourth-order valence-electron chi connectivity index (χ4n) is 9.40. The van der Waals surface area contributed by atoms with Gasteiger partial charge >= 0.3 is 0 Å². The molecule has 0 spiro atoms. The van der Waals surface area contributed by atoms with Gasteiger partial charge in [-0.25, -0.2) is 20.0 Å². The van der Waals surface area contributed by atoms with Crippen LogP contribution in [0.25, 0.3) is 0 Å². The van der Waals surface area contributed by atoms with Gasteiger partial charge < -0.3 is 21.3 Å². The van der Waals surface area contributed by atoms with E-state index in [1.807, 2.05) is 0 Å². The molecule has 4 atom stereocenters. The fraction of sp³-hybridized carbons (Fsp3) is 0.296. The molecule has 6 aliphatic rings. The van der Waals surface area contributed by atoms with Crippen LogP contribution >= 0.6 is 0 Å². The van der Waals surface area contributed by atoms with Gasteiger partial charge in [-0.2, -0.15) is 0 Å². The second-order valence-electron chi connectivity index (χ2n) is 17.3. The van der Waals surface area contributed by atoms with Crippen molar-refractivity contribution in [3.63, 3.8) is 0 Å². The van der Waals surface area contributed by atoms with Crippen molar-refractivity contribution in [3.05, 3.63) is 180 Å². The lowest BCUT2D eigenvalue weighted by Gasteiger charge is -2.18. The molecule has 2 heterocycles. The van der Waals surface area contributed by atoms with E-state index >= 15 is 0 Å². The van der Waals surface area contributed by atoms with Gasteiger partial charge in [0.1, 0.15) is 0 Å². The Morgan fingerprint density at radius 3 is 0.726 bits per heavy atom. The normalized spacial score (nSPS) is 23.1. The molecule has 0 radical (unpaired) electrons. The Kier molecular flexibility index (Phi) is 11.9. The monoisotopic (exact) mass is 816 g/mol. The molecule has 312 valence electrons. The number of hydrogen-bond donors (Lipinski definition) is 4. The molecular formula is C54H56N8. The molecule has 8 nitrogen and oxygen atoms in total. The number of anilines is 4. The lowest BCUT2D eigenvalue weighted by atomic mass is 9.89. The first-order chi connectivity index (χ1) is 30.7. The maximum Gasteiger partial charge on any atom is 0.202 e. The average Bonchev–Trinajstić information content (AvgIpc) is 3.93. The average molecular weight is 817 g/mol. The third-order valence-electron chi connectivity index (χ3n) is 12.9. The molecular weight excluding hydrogens is 761 g/mol. The van der Waals surface area contributed by atoms with Gasteiger partial charge in [0.15, 0.2) is 23.3 Å². The van der Waals surface area contributed by atoms with E-state index in [2.05, 4.69) is 167 Å². The number of amidine groups is 4. The number of aliphatic imine (C=N–C) groups is 4. The zero-order chi connectivity index (χ0) is 41.5. The molecule has 62 heavy (non-hydrogen) atoms. The van der Waals surface area contributed by atoms with Gasteiger partial charge in [-0.3, -0.25) is 0 Å². The first-order valence-electron chi connectivity index (χ1n) is 22.9. The van der Waals surface area contributed by atoms with E-state index in [1.54, 1.807) is 0 Å². The zero-order valence-corrected chi connectivity index (χ0v) is 35.4. The highest BCUT2D eigenvalue weighted by molar-refractivity contribution is 6.51. The SMILES string of the molecule is C1=CC(c2ccc(NC3=NC(=C4N=C(Nc5ccc(C6C=CCCC6)cc5)C(Nc5ccc(C6C=CCCC6)cc5)=N4)N=C3Nc3ccc(C4C=CCCC4)cc3)cc2)CCC1. The van der Waals surface area contributed by atoms with Crippen LogP contribution in [-0.2, 0) is 0 Å². The zero-order valence-electron chi connectivity index (χ0n) is 35.4. The fourth-order valence-corrected chi connectivity index (χ4v) is 9.40. The minimum Gasteiger partial charge on any atom is -0.337 e. The smallest absolute Gasteiger partial charge is 0.202 e. The molecule has 10 rings (SSSR count). The van der Waals surface area contributed by atoms with Gasteiger partial charge in [0.25, 0.3) is 0 Å².